The van der Waals surface area contributed by atoms with Crippen LogP contribution in [0.3, 0.4) is 0 Å². The van der Waals surface area contributed by atoms with E-state index in [0.717, 1.165) is 50.5 Å². The number of nitrogens with zero attached hydrogens (tertiary/aromatic N) is 3. The zero-order valence-corrected chi connectivity index (χ0v) is 19.3. The summed E-state index contributed by atoms with van der Waals surface area (Å²) in [4.78, 5) is 19.4. The molecular formula is C23H36ClN3O2. The molecule has 2 fully saturated rings. The SMILES string of the molecule is CC1CN(C2CCN(C(=O)OC(C)(C)C)CC2)C(Cc2ccc(Cl)cc2)CN1C. The molecule has 5 nitrogen and oxygen atoms in total. The molecule has 0 spiro atoms. The Bertz CT molecular complexity index is 680. The maximum absolute atomic E-state index is 12.4. The van der Waals surface area contributed by atoms with Gasteiger partial charge in [0.05, 0.1) is 0 Å². The number of amides is 1. The molecule has 6 heteroatoms. The van der Waals surface area contributed by atoms with E-state index in [1.165, 1.54) is 5.56 Å². The number of hydrogen-bond acceptors (Lipinski definition) is 4. The zero-order chi connectivity index (χ0) is 21.2. The monoisotopic (exact) mass is 421 g/mol. The molecule has 2 atom stereocenters. The van der Waals surface area contributed by atoms with Crippen LogP contribution in [-0.2, 0) is 11.2 Å². The highest BCUT2D eigenvalue weighted by atomic mass is 35.5. The van der Waals surface area contributed by atoms with Crippen LogP contribution in [0.2, 0.25) is 5.02 Å². The summed E-state index contributed by atoms with van der Waals surface area (Å²) < 4.78 is 5.55. The zero-order valence-electron chi connectivity index (χ0n) is 18.5. The third-order valence-electron chi connectivity index (χ3n) is 6.17. The van der Waals surface area contributed by atoms with Crippen molar-refractivity contribution in [3.8, 4) is 0 Å². The molecule has 0 bridgehead atoms. The van der Waals surface area contributed by atoms with Crippen molar-refractivity contribution in [2.45, 2.75) is 70.7 Å². The van der Waals surface area contributed by atoms with Gasteiger partial charge in [0.15, 0.2) is 0 Å². The number of piperazine rings is 1. The van der Waals surface area contributed by atoms with Crippen LogP contribution in [0.25, 0.3) is 0 Å². The largest absolute Gasteiger partial charge is 0.444 e. The molecule has 2 aliphatic heterocycles. The van der Waals surface area contributed by atoms with Gasteiger partial charge in [-0.15, -0.1) is 0 Å². The van der Waals surface area contributed by atoms with Gasteiger partial charge in [0.1, 0.15) is 5.60 Å². The molecule has 2 aliphatic rings. The number of benzene rings is 1. The van der Waals surface area contributed by atoms with Gasteiger partial charge >= 0.3 is 6.09 Å². The molecule has 0 aromatic heterocycles. The lowest BCUT2D eigenvalue weighted by atomic mass is 9.94. The second-order valence-corrected chi connectivity index (χ2v) is 10.1. The summed E-state index contributed by atoms with van der Waals surface area (Å²) in [7, 11) is 2.22. The number of carbonyl (C=O) groups is 1. The molecule has 0 saturated carbocycles. The van der Waals surface area contributed by atoms with Crippen molar-refractivity contribution in [2.24, 2.45) is 0 Å². The Balaban J connectivity index is 1.63. The van der Waals surface area contributed by atoms with E-state index in [1.54, 1.807) is 0 Å². The number of piperidine rings is 1. The molecule has 2 heterocycles. The van der Waals surface area contributed by atoms with Crippen LogP contribution in [-0.4, -0.2) is 77.7 Å². The van der Waals surface area contributed by atoms with E-state index in [0.29, 0.717) is 18.1 Å². The van der Waals surface area contributed by atoms with Gasteiger partial charge in [-0.25, -0.2) is 4.79 Å². The highest BCUT2D eigenvalue weighted by Gasteiger charge is 2.36. The topological polar surface area (TPSA) is 36.0 Å². The van der Waals surface area contributed by atoms with Gasteiger partial charge in [0, 0.05) is 49.3 Å². The molecule has 3 rings (SSSR count). The first-order valence-corrected chi connectivity index (χ1v) is 11.2. The molecule has 0 N–H and O–H groups in total. The highest BCUT2D eigenvalue weighted by Crippen LogP contribution is 2.26. The molecule has 0 aliphatic carbocycles. The first-order chi connectivity index (χ1) is 13.6. The minimum atomic E-state index is -0.440. The van der Waals surface area contributed by atoms with Crippen molar-refractivity contribution in [3.05, 3.63) is 34.9 Å². The smallest absolute Gasteiger partial charge is 0.410 e. The van der Waals surface area contributed by atoms with E-state index in [-0.39, 0.29) is 6.09 Å². The maximum Gasteiger partial charge on any atom is 0.410 e. The second kappa shape index (κ2) is 9.23. The lowest BCUT2D eigenvalue weighted by molar-refractivity contribution is -0.0118. The Morgan fingerprint density at radius 1 is 1.14 bits per heavy atom. The molecule has 0 radical (unpaired) electrons. The fourth-order valence-corrected chi connectivity index (χ4v) is 4.56. The van der Waals surface area contributed by atoms with Crippen LogP contribution in [0.15, 0.2) is 24.3 Å². The van der Waals surface area contributed by atoms with Gasteiger partial charge in [-0.3, -0.25) is 4.90 Å². The van der Waals surface area contributed by atoms with E-state index in [9.17, 15) is 4.79 Å². The molecular weight excluding hydrogens is 386 g/mol. The molecule has 1 aromatic rings. The van der Waals surface area contributed by atoms with Crippen molar-refractivity contribution in [2.75, 3.05) is 33.2 Å². The summed E-state index contributed by atoms with van der Waals surface area (Å²) in [5.41, 5.74) is 0.892. The predicted molar refractivity (Wildman–Crippen MR) is 119 cm³/mol. The minimum Gasteiger partial charge on any atom is -0.444 e. The fraction of sp³-hybridized carbons (Fsp3) is 0.696. The third-order valence-corrected chi connectivity index (χ3v) is 6.42. The number of likely N-dealkylation sites (N-methyl/N-ethyl adjacent to an activating group) is 1. The van der Waals surface area contributed by atoms with Crippen LogP contribution in [0.1, 0.15) is 46.1 Å². The average Bonchev–Trinajstić information content (AvgIpc) is 2.65. The van der Waals surface area contributed by atoms with Gasteiger partial charge in [0.2, 0.25) is 0 Å². The van der Waals surface area contributed by atoms with Crippen LogP contribution >= 0.6 is 11.6 Å². The van der Waals surface area contributed by atoms with Gasteiger partial charge in [0.25, 0.3) is 0 Å². The summed E-state index contributed by atoms with van der Waals surface area (Å²) in [5, 5.41) is 0.787. The van der Waals surface area contributed by atoms with Crippen molar-refractivity contribution in [3.63, 3.8) is 0 Å². The minimum absolute atomic E-state index is 0.180. The van der Waals surface area contributed by atoms with E-state index >= 15 is 0 Å². The number of ether oxygens (including phenoxy) is 1. The maximum atomic E-state index is 12.4. The Morgan fingerprint density at radius 2 is 1.76 bits per heavy atom. The average molecular weight is 422 g/mol. The predicted octanol–water partition coefficient (Wildman–Crippen LogP) is 4.29. The van der Waals surface area contributed by atoms with Crippen LogP contribution in [0, 0.1) is 0 Å². The molecule has 1 amide bonds. The number of hydrogen-bond donors (Lipinski definition) is 0. The fourth-order valence-electron chi connectivity index (χ4n) is 4.44. The quantitative estimate of drug-likeness (QED) is 0.729. The van der Waals surface area contributed by atoms with E-state index in [4.69, 9.17) is 16.3 Å². The van der Waals surface area contributed by atoms with Gasteiger partial charge < -0.3 is 14.5 Å². The van der Waals surface area contributed by atoms with E-state index < -0.39 is 5.60 Å². The first-order valence-electron chi connectivity index (χ1n) is 10.8. The Morgan fingerprint density at radius 3 is 2.34 bits per heavy atom. The molecule has 2 unspecified atom stereocenters. The third kappa shape index (κ3) is 6.09. The van der Waals surface area contributed by atoms with E-state index in [1.807, 2.05) is 37.8 Å². The van der Waals surface area contributed by atoms with Gasteiger partial charge in [-0.05, 0) is 71.7 Å². The van der Waals surface area contributed by atoms with Crippen molar-refractivity contribution in [1.29, 1.82) is 0 Å². The Hall–Kier alpha value is -1.30. The van der Waals surface area contributed by atoms with Crippen molar-refractivity contribution in [1.82, 2.24) is 14.7 Å². The van der Waals surface area contributed by atoms with Gasteiger partial charge in [-0.2, -0.15) is 0 Å². The number of likely N-dealkylation sites (tertiary alicyclic amines) is 1. The lowest BCUT2D eigenvalue weighted by Crippen LogP contribution is -2.61. The standard InChI is InChI=1S/C23H36ClN3O2/c1-17-15-27(20-10-12-26(13-11-20)22(28)29-23(2,3)4)21(16-25(17)5)14-18-6-8-19(24)9-7-18/h6-9,17,20-21H,10-16H2,1-5H3. The van der Waals surface area contributed by atoms with Gasteiger partial charge in [-0.1, -0.05) is 23.7 Å². The number of halogens is 1. The molecule has 1 aromatic carbocycles. The van der Waals surface area contributed by atoms with Crippen molar-refractivity contribution >= 4 is 17.7 Å². The molecule has 162 valence electrons. The second-order valence-electron chi connectivity index (χ2n) is 9.67. The number of carbonyl (C=O) groups excluding carboxylic acids is 1. The highest BCUT2D eigenvalue weighted by molar-refractivity contribution is 6.30. The summed E-state index contributed by atoms with van der Waals surface area (Å²) in [6, 6.07) is 9.79. The van der Waals surface area contributed by atoms with Crippen LogP contribution in [0.4, 0.5) is 4.79 Å². The lowest BCUT2D eigenvalue weighted by Gasteiger charge is -2.49. The summed E-state index contributed by atoms with van der Waals surface area (Å²) in [5.74, 6) is 0. The number of rotatable bonds is 3. The van der Waals surface area contributed by atoms with E-state index in [2.05, 4.69) is 35.9 Å². The van der Waals surface area contributed by atoms with Crippen molar-refractivity contribution < 1.29 is 9.53 Å². The summed E-state index contributed by atoms with van der Waals surface area (Å²) in [6.07, 6.45) is 2.86. The van der Waals surface area contributed by atoms with Crippen LogP contribution in [0.5, 0.6) is 0 Å². The normalized spacial score (nSPS) is 25.2. The first kappa shape index (κ1) is 22.4. The summed E-state index contributed by atoms with van der Waals surface area (Å²) >= 11 is 6.07. The Labute approximate surface area is 180 Å². The molecule has 2 saturated heterocycles. The van der Waals surface area contributed by atoms with Crippen LogP contribution < -0.4 is 0 Å². The molecule has 29 heavy (non-hydrogen) atoms. The Kier molecular flexibility index (Phi) is 7.13. The summed E-state index contributed by atoms with van der Waals surface area (Å²) in [6.45, 7) is 11.8.